The molecule has 0 unspecified atom stereocenters. The van der Waals surface area contributed by atoms with Gasteiger partial charge in [-0.15, -0.1) is 0 Å². The third-order valence-electron chi connectivity index (χ3n) is 4.30. The number of fused-ring (bicyclic) bond motifs is 1. The maximum atomic E-state index is 14.6. The second-order valence-electron chi connectivity index (χ2n) is 6.37. The Bertz CT molecular complexity index is 785. The fourth-order valence-corrected chi connectivity index (χ4v) is 3.24. The summed E-state index contributed by atoms with van der Waals surface area (Å²) in [6, 6.07) is 5.00. The standard InChI is InChI=1S/C19H22FN3O/c1-6-23-17-9-16(20)13(7-14(11-21)18(24)22-5)8-15(17)12(2)10-19(23,3)4/h7-10H,6H2,1-5H3,(H,22,24)/b14-7+. The van der Waals surface area contributed by atoms with Gasteiger partial charge in [0, 0.05) is 30.4 Å². The summed E-state index contributed by atoms with van der Waals surface area (Å²) in [6.45, 7) is 8.95. The summed E-state index contributed by atoms with van der Waals surface area (Å²) in [6.07, 6.45) is 3.44. The Morgan fingerprint density at radius 3 is 2.67 bits per heavy atom. The van der Waals surface area contributed by atoms with Crippen molar-refractivity contribution in [3.05, 3.63) is 40.7 Å². The van der Waals surface area contributed by atoms with Gasteiger partial charge in [-0.1, -0.05) is 6.08 Å². The molecule has 4 nitrogen and oxygen atoms in total. The van der Waals surface area contributed by atoms with Gasteiger partial charge in [0.25, 0.3) is 5.91 Å². The summed E-state index contributed by atoms with van der Waals surface area (Å²) >= 11 is 0. The number of nitriles is 1. The summed E-state index contributed by atoms with van der Waals surface area (Å²) in [5.41, 5.74) is 2.70. The first-order valence-corrected chi connectivity index (χ1v) is 7.90. The highest BCUT2D eigenvalue weighted by atomic mass is 19.1. The molecule has 0 bridgehead atoms. The van der Waals surface area contributed by atoms with Crippen molar-refractivity contribution in [1.29, 1.82) is 5.26 Å². The van der Waals surface area contributed by atoms with E-state index in [-0.39, 0.29) is 16.7 Å². The molecule has 1 aliphatic rings. The number of benzene rings is 1. The van der Waals surface area contributed by atoms with E-state index in [9.17, 15) is 9.18 Å². The molecule has 0 saturated heterocycles. The number of rotatable bonds is 3. The lowest BCUT2D eigenvalue weighted by Crippen LogP contribution is -2.45. The van der Waals surface area contributed by atoms with E-state index in [0.717, 1.165) is 23.4 Å². The Morgan fingerprint density at radius 2 is 2.12 bits per heavy atom. The number of carbonyl (C=O) groups excluding carboxylic acids is 1. The van der Waals surface area contributed by atoms with E-state index in [2.05, 4.69) is 30.1 Å². The molecule has 0 spiro atoms. The summed E-state index contributed by atoms with van der Waals surface area (Å²) < 4.78 is 14.6. The topological polar surface area (TPSA) is 56.1 Å². The van der Waals surface area contributed by atoms with Gasteiger partial charge in [0.05, 0.1) is 5.54 Å². The summed E-state index contributed by atoms with van der Waals surface area (Å²) in [5, 5.41) is 11.5. The minimum Gasteiger partial charge on any atom is -0.363 e. The number of carbonyl (C=O) groups is 1. The van der Waals surface area contributed by atoms with Crippen molar-refractivity contribution in [2.24, 2.45) is 0 Å². The van der Waals surface area contributed by atoms with Gasteiger partial charge in [0.1, 0.15) is 17.5 Å². The number of nitrogens with one attached hydrogen (secondary N) is 1. The molecule has 1 N–H and O–H groups in total. The van der Waals surface area contributed by atoms with Crippen molar-refractivity contribution in [3.63, 3.8) is 0 Å². The molecule has 24 heavy (non-hydrogen) atoms. The zero-order valence-electron chi connectivity index (χ0n) is 14.7. The Kier molecular flexibility index (Phi) is 4.79. The van der Waals surface area contributed by atoms with Gasteiger partial charge in [-0.25, -0.2) is 4.39 Å². The van der Waals surface area contributed by atoms with Crippen molar-refractivity contribution in [3.8, 4) is 6.07 Å². The maximum absolute atomic E-state index is 14.6. The SMILES string of the molecule is CCN1c2cc(F)c(/C=C(\C#N)C(=O)NC)cc2C(C)=CC1(C)C. The number of hydrogen-bond acceptors (Lipinski definition) is 3. The molecule has 0 radical (unpaired) electrons. The van der Waals surface area contributed by atoms with Gasteiger partial charge < -0.3 is 10.2 Å². The number of allylic oxidation sites excluding steroid dienone is 1. The Labute approximate surface area is 142 Å². The van der Waals surface area contributed by atoms with Crippen molar-refractivity contribution < 1.29 is 9.18 Å². The number of anilines is 1. The number of halogens is 1. The molecule has 0 atom stereocenters. The normalized spacial score (nSPS) is 16.1. The zero-order chi connectivity index (χ0) is 18.1. The van der Waals surface area contributed by atoms with Crippen LogP contribution >= 0.6 is 0 Å². The number of amides is 1. The van der Waals surface area contributed by atoms with E-state index in [4.69, 9.17) is 5.26 Å². The fraction of sp³-hybridized carbons (Fsp3) is 0.368. The first-order valence-electron chi connectivity index (χ1n) is 7.90. The minimum atomic E-state index is -0.529. The van der Waals surface area contributed by atoms with Crippen LogP contribution in [0.5, 0.6) is 0 Å². The third kappa shape index (κ3) is 3.05. The summed E-state index contributed by atoms with van der Waals surface area (Å²) in [4.78, 5) is 13.8. The molecule has 5 heteroatoms. The van der Waals surface area contributed by atoms with Gasteiger partial charge in [-0.05, 0) is 51.5 Å². The molecule has 0 fully saturated rings. The van der Waals surface area contributed by atoms with E-state index >= 15 is 0 Å². The maximum Gasteiger partial charge on any atom is 0.261 e. The first-order chi connectivity index (χ1) is 11.2. The van der Waals surface area contributed by atoms with Crippen molar-refractivity contribution >= 4 is 23.2 Å². The molecule has 1 aromatic rings. The summed E-state index contributed by atoms with van der Waals surface area (Å²) in [5.74, 6) is -0.979. The highest BCUT2D eigenvalue weighted by Gasteiger charge is 2.31. The Hall–Kier alpha value is -2.61. The predicted molar refractivity (Wildman–Crippen MR) is 94.8 cm³/mol. The lowest BCUT2D eigenvalue weighted by Gasteiger charge is -2.42. The lowest BCUT2D eigenvalue weighted by atomic mass is 9.87. The second-order valence-corrected chi connectivity index (χ2v) is 6.37. The van der Waals surface area contributed by atoms with Crippen molar-refractivity contribution in [2.45, 2.75) is 33.2 Å². The number of nitrogens with zero attached hydrogens (tertiary/aromatic N) is 2. The third-order valence-corrected chi connectivity index (χ3v) is 4.30. The highest BCUT2D eigenvalue weighted by molar-refractivity contribution is 6.01. The molecule has 0 saturated carbocycles. The second kappa shape index (κ2) is 6.48. The molecule has 1 heterocycles. The van der Waals surface area contributed by atoms with Gasteiger partial charge in [-0.2, -0.15) is 5.26 Å². The van der Waals surface area contributed by atoms with Gasteiger partial charge in [-0.3, -0.25) is 4.79 Å². The lowest BCUT2D eigenvalue weighted by molar-refractivity contribution is -0.116. The summed E-state index contributed by atoms with van der Waals surface area (Å²) in [7, 11) is 1.44. The molecule has 1 amide bonds. The quantitative estimate of drug-likeness (QED) is 0.683. The molecule has 0 aliphatic carbocycles. The van der Waals surface area contributed by atoms with Crippen LogP contribution in [0.1, 0.15) is 38.8 Å². The smallest absolute Gasteiger partial charge is 0.261 e. The van der Waals surface area contributed by atoms with Crippen LogP contribution in [0.3, 0.4) is 0 Å². The highest BCUT2D eigenvalue weighted by Crippen LogP contribution is 2.40. The van der Waals surface area contributed by atoms with E-state index in [1.54, 1.807) is 6.07 Å². The Balaban J connectivity index is 2.63. The van der Waals surface area contributed by atoms with Crippen LogP contribution < -0.4 is 10.2 Å². The molecule has 1 aromatic carbocycles. The van der Waals surface area contributed by atoms with Crippen LogP contribution in [-0.4, -0.2) is 25.0 Å². The van der Waals surface area contributed by atoms with Crippen LogP contribution in [0, 0.1) is 17.1 Å². The first kappa shape index (κ1) is 17.7. The minimum absolute atomic E-state index is 0.124. The van der Waals surface area contributed by atoms with E-state index < -0.39 is 11.7 Å². The molecule has 1 aliphatic heterocycles. The zero-order valence-corrected chi connectivity index (χ0v) is 14.7. The monoisotopic (exact) mass is 327 g/mol. The largest absolute Gasteiger partial charge is 0.363 e. The van der Waals surface area contributed by atoms with E-state index in [0.29, 0.717) is 0 Å². The van der Waals surface area contributed by atoms with Gasteiger partial charge in [0.2, 0.25) is 0 Å². The fourth-order valence-electron chi connectivity index (χ4n) is 3.24. The number of likely N-dealkylation sites (N-methyl/N-ethyl adjacent to an activating group) is 2. The van der Waals surface area contributed by atoms with Crippen LogP contribution in [0.2, 0.25) is 0 Å². The van der Waals surface area contributed by atoms with Crippen molar-refractivity contribution in [1.82, 2.24) is 5.32 Å². The molecular formula is C19H22FN3O. The van der Waals surface area contributed by atoms with Gasteiger partial charge in [0.15, 0.2) is 0 Å². The molecule has 2 rings (SSSR count). The molecule has 126 valence electrons. The van der Waals surface area contributed by atoms with Crippen LogP contribution in [0.25, 0.3) is 11.6 Å². The predicted octanol–water partition coefficient (Wildman–Crippen LogP) is 3.50. The average Bonchev–Trinajstić information content (AvgIpc) is 2.52. The number of hydrogen-bond donors (Lipinski definition) is 1. The van der Waals surface area contributed by atoms with Gasteiger partial charge >= 0.3 is 0 Å². The Morgan fingerprint density at radius 1 is 1.46 bits per heavy atom. The molecular weight excluding hydrogens is 305 g/mol. The average molecular weight is 327 g/mol. The van der Waals surface area contributed by atoms with E-state index in [1.165, 1.54) is 19.2 Å². The van der Waals surface area contributed by atoms with Crippen molar-refractivity contribution in [2.75, 3.05) is 18.5 Å². The van der Waals surface area contributed by atoms with E-state index in [1.807, 2.05) is 19.9 Å². The molecule has 0 aromatic heterocycles. The van der Waals surface area contributed by atoms with Crippen LogP contribution in [0.4, 0.5) is 10.1 Å². The van der Waals surface area contributed by atoms with Crippen LogP contribution in [0.15, 0.2) is 23.8 Å². The van der Waals surface area contributed by atoms with Crippen LogP contribution in [-0.2, 0) is 4.79 Å².